The first kappa shape index (κ1) is 23.1. The number of hydrogen-bond donors (Lipinski definition) is 0. The molecule has 1 unspecified atom stereocenters. The van der Waals surface area contributed by atoms with Crippen LogP contribution in [0.25, 0.3) is 0 Å². The van der Waals surface area contributed by atoms with E-state index in [2.05, 4.69) is 0 Å². The van der Waals surface area contributed by atoms with Gasteiger partial charge in [0.1, 0.15) is 0 Å². The fourth-order valence-electron chi connectivity index (χ4n) is 2.93. The van der Waals surface area contributed by atoms with Crippen molar-refractivity contribution in [1.29, 1.82) is 0 Å². The van der Waals surface area contributed by atoms with Gasteiger partial charge in [0.15, 0.2) is 0 Å². The maximum atomic E-state index is 12.8. The van der Waals surface area contributed by atoms with Crippen LogP contribution >= 0.6 is 0 Å². The van der Waals surface area contributed by atoms with E-state index in [1.165, 1.54) is 20.8 Å². The molecule has 1 saturated heterocycles. The molecule has 0 bridgehead atoms. The number of carbonyl (C=O) groups excluding carboxylic acids is 4. The van der Waals surface area contributed by atoms with Crippen LogP contribution in [0.4, 0.5) is 0 Å². The molecule has 5 atom stereocenters. The van der Waals surface area contributed by atoms with E-state index < -0.39 is 62.3 Å². The van der Waals surface area contributed by atoms with Crippen LogP contribution in [0.3, 0.4) is 0 Å². The minimum atomic E-state index is -1.08. The Balaban J connectivity index is 2.32. The predicted octanol–water partition coefficient (Wildman–Crippen LogP) is 1.38. The van der Waals surface area contributed by atoms with Crippen molar-refractivity contribution in [3.05, 3.63) is 35.4 Å². The molecule has 8 nitrogen and oxygen atoms in total. The molecule has 29 heavy (non-hydrogen) atoms. The van der Waals surface area contributed by atoms with Gasteiger partial charge in [-0.05, 0) is 0 Å². The van der Waals surface area contributed by atoms with Crippen LogP contribution < -0.4 is 0 Å². The van der Waals surface area contributed by atoms with Gasteiger partial charge in [0.05, 0.1) is 0 Å². The summed E-state index contributed by atoms with van der Waals surface area (Å²) in [5.74, 6) is -1.85. The Hall–Kier alpha value is -2.22. The third-order valence-electron chi connectivity index (χ3n) is 4.14. The van der Waals surface area contributed by atoms with Gasteiger partial charge in [0.2, 0.25) is 0 Å². The number of ether oxygens (including phenoxy) is 4. The summed E-state index contributed by atoms with van der Waals surface area (Å²) in [6.07, 6.45) is -3.80. The fraction of sp³-hybridized carbons (Fsp3) is 0.500. The molecule has 1 aromatic rings. The first-order valence-electron chi connectivity index (χ1n) is 9.03. The average Bonchev–Trinajstić information content (AvgIpc) is 2.61. The van der Waals surface area contributed by atoms with E-state index >= 15 is 0 Å². The fourth-order valence-corrected chi connectivity index (χ4v) is 5.15. The van der Waals surface area contributed by atoms with E-state index in [1.807, 2.05) is 19.1 Å². The van der Waals surface area contributed by atoms with Crippen molar-refractivity contribution < 1.29 is 38.1 Å². The number of rotatable bonds is 6. The molecular weight excluding hydrogens is 447 g/mol. The standard InChI is InChI=1S/C20H24O8Se/c1-10-6-8-15(9-7-10)19(24)29-20-18(28-14(5)23)17(27-13(4)22)16(11(2)25-20)26-12(3)21/h6-9,11,16-18,20H,1-5H3/t11-,16-,17+,18+,20?/m1/s1. The van der Waals surface area contributed by atoms with Gasteiger partial charge in [-0.1, -0.05) is 0 Å². The van der Waals surface area contributed by atoms with Crippen LogP contribution in [0.5, 0.6) is 0 Å². The molecule has 0 saturated carbocycles. The predicted molar refractivity (Wildman–Crippen MR) is 102 cm³/mol. The number of aryl methyl sites for hydroxylation is 1. The summed E-state index contributed by atoms with van der Waals surface area (Å²) in [5, 5.41) is -0.814. The third-order valence-corrected chi connectivity index (χ3v) is 6.37. The second kappa shape index (κ2) is 10.0. The van der Waals surface area contributed by atoms with Crippen LogP contribution in [0, 0.1) is 6.92 Å². The van der Waals surface area contributed by atoms with Crippen LogP contribution in [-0.2, 0) is 33.3 Å². The van der Waals surface area contributed by atoms with E-state index in [9.17, 15) is 19.2 Å². The molecule has 2 rings (SSSR count). The van der Waals surface area contributed by atoms with Crippen molar-refractivity contribution in [2.45, 2.75) is 64.0 Å². The molecule has 9 heteroatoms. The van der Waals surface area contributed by atoms with E-state index in [4.69, 9.17) is 18.9 Å². The molecule has 1 heterocycles. The van der Waals surface area contributed by atoms with Gasteiger partial charge in [0, 0.05) is 0 Å². The topological polar surface area (TPSA) is 105 Å². The van der Waals surface area contributed by atoms with Crippen LogP contribution in [0.2, 0.25) is 0 Å². The summed E-state index contributed by atoms with van der Waals surface area (Å²) < 4.78 is 21.7. The molecule has 1 aliphatic rings. The maximum absolute atomic E-state index is 12.8. The van der Waals surface area contributed by atoms with Gasteiger partial charge in [-0.15, -0.1) is 0 Å². The monoisotopic (exact) mass is 472 g/mol. The summed E-state index contributed by atoms with van der Waals surface area (Å²) in [5.41, 5.74) is 1.54. The summed E-state index contributed by atoms with van der Waals surface area (Å²) in [6, 6.07) is 7.10. The Bertz CT molecular complexity index is 775. The molecular formula is C20H24O8Se. The molecule has 0 radical (unpaired) electrons. The van der Waals surface area contributed by atoms with Gasteiger partial charge in [0.25, 0.3) is 0 Å². The van der Waals surface area contributed by atoms with Crippen molar-refractivity contribution in [2.75, 3.05) is 0 Å². The Morgan fingerprint density at radius 3 is 1.83 bits per heavy atom. The second-order valence-corrected chi connectivity index (χ2v) is 8.95. The summed E-state index contributed by atoms with van der Waals surface area (Å²) in [6.45, 7) is 7.19. The summed E-state index contributed by atoms with van der Waals surface area (Å²) in [7, 11) is 0. The van der Waals surface area contributed by atoms with Crippen molar-refractivity contribution in [3.63, 3.8) is 0 Å². The molecule has 0 N–H and O–H groups in total. The van der Waals surface area contributed by atoms with Crippen LogP contribution in [0.1, 0.15) is 43.6 Å². The first-order chi connectivity index (χ1) is 13.6. The zero-order valence-electron chi connectivity index (χ0n) is 16.9. The van der Waals surface area contributed by atoms with E-state index in [0.717, 1.165) is 5.56 Å². The summed E-state index contributed by atoms with van der Waals surface area (Å²) >= 11 is -0.788. The molecule has 1 aliphatic heterocycles. The van der Waals surface area contributed by atoms with Crippen LogP contribution in [-0.4, -0.2) is 67.0 Å². The van der Waals surface area contributed by atoms with E-state index in [-0.39, 0.29) is 4.68 Å². The Morgan fingerprint density at radius 1 is 0.828 bits per heavy atom. The Labute approximate surface area is 175 Å². The number of esters is 3. The van der Waals surface area contributed by atoms with Crippen molar-refractivity contribution in [1.82, 2.24) is 0 Å². The number of hydrogen-bond acceptors (Lipinski definition) is 8. The number of benzene rings is 1. The van der Waals surface area contributed by atoms with Gasteiger partial charge in [-0.3, -0.25) is 0 Å². The van der Waals surface area contributed by atoms with E-state index in [0.29, 0.717) is 5.56 Å². The molecule has 1 aromatic carbocycles. The van der Waals surface area contributed by atoms with Gasteiger partial charge in [-0.25, -0.2) is 0 Å². The van der Waals surface area contributed by atoms with Crippen LogP contribution in [0.15, 0.2) is 24.3 Å². The molecule has 0 aromatic heterocycles. The van der Waals surface area contributed by atoms with Gasteiger partial charge >= 0.3 is 175 Å². The van der Waals surface area contributed by atoms with Gasteiger partial charge < -0.3 is 0 Å². The average molecular weight is 471 g/mol. The molecule has 0 aliphatic carbocycles. The third kappa shape index (κ3) is 6.39. The van der Waals surface area contributed by atoms with Gasteiger partial charge in [-0.2, -0.15) is 0 Å². The summed E-state index contributed by atoms with van der Waals surface area (Å²) in [4.78, 5) is 47.6. The minimum absolute atomic E-state index is 0.153. The molecule has 1 fully saturated rings. The Kier molecular flexibility index (Phi) is 7.96. The SMILES string of the molecule is CC(=O)O[C@H]1[C@H](OC(C)=O)[C@@H](C)OC([Se]C(=O)c2ccc(C)cc2)[C@H]1OC(C)=O. The zero-order chi connectivity index (χ0) is 21.7. The second-order valence-electron chi connectivity index (χ2n) is 6.70. The quantitative estimate of drug-likeness (QED) is 0.348. The molecule has 0 amide bonds. The molecule has 0 spiro atoms. The normalized spacial score (nSPS) is 26.3. The number of carbonyl (C=O) groups is 4. The Morgan fingerprint density at radius 2 is 1.31 bits per heavy atom. The first-order valence-corrected chi connectivity index (χ1v) is 10.9. The zero-order valence-corrected chi connectivity index (χ0v) is 18.6. The van der Waals surface area contributed by atoms with E-state index in [1.54, 1.807) is 19.1 Å². The van der Waals surface area contributed by atoms with Crippen molar-refractivity contribution in [3.8, 4) is 0 Å². The van der Waals surface area contributed by atoms with Crippen molar-refractivity contribution >= 4 is 37.5 Å². The van der Waals surface area contributed by atoms with Crippen molar-refractivity contribution in [2.24, 2.45) is 0 Å². The molecule has 158 valence electrons.